The highest BCUT2D eigenvalue weighted by atomic mass is 19.4. The van der Waals surface area contributed by atoms with Crippen molar-refractivity contribution in [1.82, 2.24) is 15.6 Å². The number of amides is 4. The van der Waals surface area contributed by atoms with Gasteiger partial charge in [0.25, 0.3) is 0 Å². The minimum Gasteiger partial charge on any atom is -0.458 e. The molecule has 2 aromatic carbocycles. The quantitative estimate of drug-likeness (QED) is 0.359. The number of alkyl halides is 3. The second-order valence-corrected chi connectivity index (χ2v) is 8.33. The van der Waals surface area contributed by atoms with Gasteiger partial charge in [-0.05, 0) is 42.5 Å². The number of fused-ring (bicyclic) bond motifs is 4. The van der Waals surface area contributed by atoms with Gasteiger partial charge in [0.05, 0.1) is 29.3 Å². The van der Waals surface area contributed by atoms with Gasteiger partial charge in [-0.25, -0.2) is 19.0 Å². The maximum atomic E-state index is 13.5. The SMILES string of the molecule is O=C(NC1=C2Oc3ccc(Oc4ccnc5c4CNC(=O)N5)cc3[C@@H]12)Nc1ccc(F)c(C(F)(F)F)c1. The van der Waals surface area contributed by atoms with E-state index in [1.165, 1.54) is 6.20 Å². The first-order valence-corrected chi connectivity index (χ1v) is 10.9. The molecule has 0 unspecified atom stereocenters. The number of carbonyl (C=O) groups is 2. The molecular weight excluding hydrogens is 498 g/mol. The number of allylic oxidation sites excluding steroid dienone is 2. The van der Waals surface area contributed by atoms with Gasteiger partial charge in [-0.2, -0.15) is 13.2 Å². The minimum absolute atomic E-state index is 0.217. The van der Waals surface area contributed by atoms with Crippen LogP contribution in [0.1, 0.15) is 22.6 Å². The third kappa shape index (κ3) is 4.13. The van der Waals surface area contributed by atoms with Crippen LogP contribution >= 0.6 is 0 Å². The molecule has 1 aliphatic carbocycles. The largest absolute Gasteiger partial charge is 0.458 e. The molecule has 3 heterocycles. The molecule has 9 nitrogen and oxygen atoms in total. The van der Waals surface area contributed by atoms with Gasteiger partial charge in [-0.3, -0.25) is 5.32 Å². The molecule has 3 aliphatic rings. The first-order valence-electron chi connectivity index (χ1n) is 10.9. The second-order valence-electron chi connectivity index (χ2n) is 8.33. The number of urea groups is 2. The summed E-state index contributed by atoms with van der Waals surface area (Å²) in [5.74, 6) is 0.694. The Balaban J connectivity index is 1.14. The fourth-order valence-corrected chi connectivity index (χ4v) is 4.17. The number of aromatic nitrogens is 1. The number of rotatable bonds is 4. The predicted molar refractivity (Wildman–Crippen MR) is 121 cm³/mol. The van der Waals surface area contributed by atoms with Gasteiger partial charge in [0.2, 0.25) is 0 Å². The van der Waals surface area contributed by atoms with Gasteiger partial charge in [0.15, 0.2) is 0 Å². The molecule has 6 rings (SSSR count). The van der Waals surface area contributed by atoms with E-state index in [1.807, 2.05) is 0 Å². The van der Waals surface area contributed by atoms with E-state index < -0.39 is 23.6 Å². The molecule has 0 saturated heterocycles. The molecule has 0 saturated carbocycles. The first kappa shape index (κ1) is 22.6. The Labute approximate surface area is 205 Å². The summed E-state index contributed by atoms with van der Waals surface area (Å²) in [4.78, 5) is 28.0. The maximum absolute atomic E-state index is 13.5. The summed E-state index contributed by atoms with van der Waals surface area (Å²) in [5, 5.41) is 10.1. The van der Waals surface area contributed by atoms with E-state index in [9.17, 15) is 27.2 Å². The van der Waals surface area contributed by atoms with E-state index in [0.717, 1.165) is 11.6 Å². The summed E-state index contributed by atoms with van der Waals surface area (Å²) in [7, 11) is 0. The summed E-state index contributed by atoms with van der Waals surface area (Å²) < 4.78 is 64.0. The van der Waals surface area contributed by atoms with E-state index in [4.69, 9.17) is 9.47 Å². The average molecular weight is 513 g/mol. The number of nitrogens with one attached hydrogen (secondary N) is 4. The van der Waals surface area contributed by atoms with Crippen molar-refractivity contribution >= 4 is 23.6 Å². The van der Waals surface area contributed by atoms with Crippen molar-refractivity contribution in [3.63, 3.8) is 0 Å². The van der Waals surface area contributed by atoms with Crippen molar-refractivity contribution in [2.45, 2.75) is 18.6 Å². The third-order valence-corrected chi connectivity index (χ3v) is 5.92. The van der Waals surface area contributed by atoms with Crippen LogP contribution < -0.4 is 30.7 Å². The number of hydrogen-bond donors (Lipinski definition) is 4. The van der Waals surface area contributed by atoms with Crippen LogP contribution in [-0.4, -0.2) is 17.0 Å². The molecule has 0 bridgehead atoms. The van der Waals surface area contributed by atoms with Crippen molar-refractivity contribution < 1.29 is 36.6 Å². The van der Waals surface area contributed by atoms with Crippen molar-refractivity contribution in [2.75, 3.05) is 10.6 Å². The molecule has 0 radical (unpaired) electrons. The summed E-state index contributed by atoms with van der Waals surface area (Å²) in [6.07, 6.45) is -3.38. The number of halogens is 4. The van der Waals surface area contributed by atoms with Crippen molar-refractivity contribution in [2.24, 2.45) is 0 Å². The van der Waals surface area contributed by atoms with Crippen LogP contribution in [0.5, 0.6) is 17.2 Å². The Morgan fingerprint density at radius 3 is 2.78 bits per heavy atom. The van der Waals surface area contributed by atoms with Gasteiger partial charge in [-0.15, -0.1) is 0 Å². The standard InChI is InChI=1S/C24H15F4N5O4/c25-15-3-1-10(7-14(15)24(26,27)28)31-23(35)32-19-18-12-8-11(2-4-16(12)37-20(18)19)36-17-5-6-29-21-13(17)9-30-22(34)33-21/h1-8,18H,9H2,(H2,31,32,35)(H2,29,30,33,34)/t18-/m0/s1. The molecule has 188 valence electrons. The molecule has 4 N–H and O–H groups in total. The fraction of sp³-hybridized carbons (Fsp3) is 0.125. The lowest BCUT2D eigenvalue weighted by atomic mass is 10.1. The summed E-state index contributed by atoms with van der Waals surface area (Å²) in [6.45, 7) is 0.244. The van der Waals surface area contributed by atoms with Gasteiger partial charge >= 0.3 is 18.2 Å². The molecular formula is C24H15F4N5O4. The number of benzene rings is 2. The predicted octanol–water partition coefficient (Wildman–Crippen LogP) is 5.19. The zero-order valence-corrected chi connectivity index (χ0v) is 18.5. The van der Waals surface area contributed by atoms with Gasteiger partial charge in [0, 0.05) is 17.4 Å². The Morgan fingerprint density at radius 2 is 1.97 bits per heavy atom. The Morgan fingerprint density at radius 1 is 1.14 bits per heavy atom. The van der Waals surface area contributed by atoms with Crippen LogP contribution in [0.4, 0.5) is 38.7 Å². The Kier molecular flexibility index (Phi) is 4.97. The number of nitrogens with zero attached hydrogens (tertiary/aromatic N) is 1. The normalized spacial score (nSPS) is 17.0. The number of anilines is 2. The number of ether oxygens (including phenoxy) is 2. The Bertz CT molecular complexity index is 1520. The topological polar surface area (TPSA) is 114 Å². The van der Waals surface area contributed by atoms with Gasteiger partial charge in [0.1, 0.15) is 34.6 Å². The van der Waals surface area contributed by atoms with Crippen LogP contribution in [0.3, 0.4) is 0 Å². The molecule has 0 fully saturated rings. The molecule has 3 aromatic rings. The summed E-state index contributed by atoms with van der Waals surface area (Å²) >= 11 is 0. The summed E-state index contributed by atoms with van der Waals surface area (Å²) in [5.41, 5.74) is 0.171. The summed E-state index contributed by atoms with van der Waals surface area (Å²) in [6, 6.07) is 7.87. The van der Waals surface area contributed by atoms with E-state index in [1.54, 1.807) is 24.3 Å². The number of carbonyl (C=O) groups excluding carboxylic acids is 2. The molecule has 2 aliphatic heterocycles. The van der Waals surface area contributed by atoms with Crippen LogP contribution in [0.2, 0.25) is 0 Å². The smallest absolute Gasteiger partial charge is 0.419 e. The molecule has 13 heteroatoms. The maximum Gasteiger partial charge on any atom is 0.419 e. The van der Waals surface area contributed by atoms with E-state index in [2.05, 4.69) is 26.3 Å². The van der Waals surface area contributed by atoms with Crippen LogP contribution in [0, 0.1) is 5.82 Å². The number of pyridine rings is 1. The Hall–Kier alpha value is -4.81. The average Bonchev–Trinajstić information content (AvgIpc) is 3.35. The van der Waals surface area contributed by atoms with E-state index >= 15 is 0 Å². The highest BCUT2D eigenvalue weighted by molar-refractivity contribution is 5.92. The lowest BCUT2D eigenvalue weighted by Crippen LogP contribution is -2.34. The molecule has 1 aromatic heterocycles. The van der Waals surface area contributed by atoms with Gasteiger partial charge < -0.3 is 25.4 Å². The van der Waals surface area contributed by atoms with Crippen LogP contribution in [0.25, 0.3) is 0 Å². The highest BCUT2D eigenvalue weighted by Gasteiger charge is 2.49. The van der Waals surface area contributed by atoms with E-state index in [0.29, 0.717) is 52.2 Å². The molecule has 1 atom stereocenters. The van der Waals surface area contributed by atoms with Gasteiger partial charge in [-0.1, -0.05) is 0 Å². The lowest BCUT2D eigenvalue weighted by molar-refractivity contribution is -0.139. The molecule has 0 spiro atoms. The number of hydrogen-bond acceptors (Lipinski definition) is 5. The highest BCUT2D eigenvalue weighted by Crippen LogP contribution is 2.56. The van der Waals surface area contributed by atoms with Crippen molar-refractivity contribution in [3.05, 3.63) is 82.6 Å². The molecule has 37 heavy (non-hydrogen) atoms. The zero-order valence-electron chi connectivity index (χ0n) is 18.5. The zero-order chi connectivity index (χ0) is 25.9. The first-order chi connectivity index (χ1) is 17.7. The van der Waals surface area contributed by atoms with Crippen LogP contribution in [0.15, 0.2) is 60.1 Å². The third-order valence-electron chi connectivity index (χ3n) is 5.92. The van der Waals surface area contributed by atoms with Crippen molar-refractivity contribution in [1.29, 1.82) is 0 Å². The second kappa shape index (κ2) is 8.11. The molecule has 4 amide bonds. The van der Waals surface area contributed by atoms with Crippen molar-refractivity contribution in [3.8, 4) is 17.2 Å². The monoisotopic (exact) mass is 513 g/mol. The lowest BCUT2D eigenvalue weighted by Gasteiger charge is -2.20. The minimum atomic E-state index is -4.90. The fourth-order valence-electron chi connectivity index (χ4n) is 4.17. The van der Waals surface area contributed by atoms with Crippen LogP contribution in [-0.2, 0) is 12.7 Å². The van der Waals surface area contributed by atoms with E-state index in [-0.39, 0.29) is 24.2 Å².